The first-order chi connectivity index (χ1) is 10.1. The van der Waals surface area contributed by atoms with Crippen LogP contribution in [0.1, 0.15) is 11.1 Å². The van der Waals surface area contributed by atoms with Gasteiger partial charge in [0.25, 0.3) is 5.91 Å². The summed E-state index contributed by atoms with van der Waals surface area (Å²) in [4.78, 5) is 12.2. The van der Waals surface area contributed by atoms with Crippen molar-refractivity contribution in [2.24, 2.45) is 0 Å². The number of hydrogen-bond donors (Lipinski definition) is 1. The van der Waals surface area contributed by atoms with Crippen molar-refractivity contribution in [2.75, 3.05) is 5.32 Å². The summed E-state index contributed by atoms with van der Waals surface area (Å²) in [6, 6.07) is 16.8. The van der Waals surface area contributed by atoms with Gasteiger partial charge in [-0.2, -0.15) is 5.26 Å². The van der Waals surface area contributed by atoms with Gasteiger partial charge in [-0.3, -0.25) is 4.79 Å². The van der Waals surface area contributed by atoms with E-state index in [0.29, 0.717) is 5.69 Å². The van der Waals surface area contributed by atoms with Crippen molar-refractivity contribution in [3.8, 4) is 6.07 Å². The van der Waals surface area contributed by atoms with Gasteiger partial charge in [-0.1, -0.05) is 46.3 Å². The number of amides is 1. The topological polar surface area (TPSA) is 52.9 Å². The van der Waals surface area contributed by atoms with Gasteiger partial charge in [0, 0.05) is 10.2 Å². The number of nitriles is 1. The lowest BCUT2D eigenvalue weighted by atomic mass is 10.1. The molecule has 2 aromatic rings. The third-order valence-electron chi connectivity index (χ3n) is 2.85. The highest BCUT2D eigenvalue weighted by molar-refractivity contribution is 9.10. The predicted molar refractivity (Wildman–Crippen MR) is 87.5 cm³/mol. The van der Waals surface area contributed by atoms with E-state index in [-0.39, 0.29) is 5.57 Å². The van der Waals surface area contributed by atoms with E-state index >= 15 is 0 Å². The van der Waals surface area contributed by atoms with Crippen molar-refractivity contribution in [3.05, 3.63) is 69.7 Å². The van der Waals surface area contributed by atoms with Gasteiger partial charge < -0.3 is 5.32 Å². The fraction of sp³-hybridized carbons (Fsp3) is 0.0588. The maximum atomic E-state index is 12.2. The van der Waals surface area contributed by atoms with Crippen LogP contribution in [-0.4, -0.2) is 5.91 Å². The minimum Gasteiger partial charge on any atom is -0.321 e. The molecule has 0 aliphatic heterocycles. The van der Waals surface area contributed by atoms with Crippen molar-refractivity contribution in [1.82, 2.24) is 0 Å². The molecule has 0 bridgehead atoms. The third-order valence-corrected chi connectivity index (χ3v) is 3.57. The van der Waals surface area contributed by atoms with E-state index in [0.717, 1.165) is 15.6 Å². The lowest BCUT2D eigenvalue weighted by Gasteiger charge is -2.05. The van der Waals surface area contributed by atoms with Gasteiger partial charge in [-0.25, -0.2) is 0 Å². The molecule has 21 heavy (non-hydrogen) atoms. The Bertz CT molecular complexity index is 744. The highest BCUT2D eigenvalue weighted by Crippen LogP contribution is 2.19. The first-order valence-electron chi connectivity index (χ1n) is 6.34. The zero-order valence-corrected chi connectivity index (χ0v) is 13.0. The van der Waals surface area contributed by atoms with Crippen LogP contribution in [0.3, 0.4) is 0 Å². The average molecular weight is 341 g/mol. The summed E-state index contributed by atoms with van der Waals surface area (Å²) in [5, 5.41) is 11.9. The van der Waals surface area contributed by atoms with Gasteiger partial charge in [-0.05, 0) is 42.3 Å². The summed E-state index contributed by atoms with van der Waals surface area (Å²) in [5.41, 5.74) is 2.56. The number of nitrogens with zero attached hydrogens (tertiary/aromatic N) is 1. The Balaban J connectivity index is 2.24. The minimum absolute atomic E-state index is 0.0587. The van der Waals surface area contributed by atoms with Crippen LogP contribution in [0.25, 0.3) is 6.08 Å². The standard InChI is InChI=1S/C17H13BrN2O/c1-12-5-4-7-15(9-12)20-17(21)14(11-19)10-13-6-2-3-8-16(13)18/h2-10H,1H3,(H,20,21)/b14-10+. The lowest BCUT2D eigenvalue weighted by Crippen LogP contribution is -2.13. The fourth-order valence-corrected chi connectivity index (χ4v) is 2.22. The Morgan fingerprint density at radius 1 is 1.24 bits per heavy atom. The van der Waals surface area contributed by atoms with Crippen LogP contribution in [0.5, 0.6) is 0 Å². The van der Waals surface area contributed by atoms with Crippen LogP contribution in [0.4, 0.5) is 5.69 Å². The number of rotatable bonds is 3. The summed E-state index contributed by atoms with van der Waals surface area (Å²) in [7, 11) is 0. The molecule has 0 saturated heterocycles. The summed E-state index contributed by atoms with van der Waals surface area (Å²) >= 11 is 3.39. The van der Waals surface area contributed by atoms with Crippen LogP contribution in [-0.2, 0) is 4.79 Å². The molecule has 0 aromatic heterocycles. The predicted octanol–water partition coefficient (Wildman–Crippen LogP) is 4.30. The molecule has 0 fully saturated rings. The van der Waals surface area contributed by atoms with E-state index in [2.05, 4.69) is 21.2 Å². The average Bonchev–Trinajstić information content (AvgIpc) is 2.46. The number of halogens is 1. The maximum Gasteiger partial charge on any atom is 0.266 e. The van der Waals surface area contributed by atoms with E-state index < -0.39 is 5.91 Å². The van der Waals surface area contributed by atoms with Gasteiger partial charge >= 0.3 is 0 Å². The van der Waals surface area contributed by atoms with Crippen molar-refractivity contribution in [2.45, 2.75) is 6.92 Å². The Kier molecular flexibility index (Phi) is 4.91. The van der Waals surface area contributed by atoms with Crippen LogP contribution >= 0.6 is 15.9 Å². The third kappa shape index (κ3) is 4.04. The van der Waals surface area contributed by atoms with Gasteiger partial charge in [0.1, 0.15) is 11.6 Å². The molecule has 4 heteroatoms. The van der Waals surface area contributed by atoms with Crippen molar-refractivity contribution in [3.63, 3.8) is 0 Å². The maximum absolute atomic E-state index is 12.2. The van der Waals surface area contributed by atoms with E-state index in [9.17, 15) is 10.1 Å². The molecule has 104 valence electrons. The summed E-state index contributed by atoms with van der Waals surface area (Å²) < 4.78 is 0.834. The van der Waals surface area contributed by atoms with Crippen molar-refractivity contribution < 1.29 is 4.79 Å². The van der Waals surface area contributed by atoms with E-state index in [1.54, 1.807) is 12.1 Å². The highest BCUT2D eigenvalue weighted by atomic mass is 79.9. The molecule has 0 saturated carbocycles. The Hall–Kier alpha value is -2.38. The number of carbonyl (C=O) groups is 1. The normalized spacial score (nSPS) is 10.8. The van der Waals surface area contributed by atoms with Crippen LogP contribution < -0.4 is 5.32 Å². The molecule has 0 spiro atoms. The molecular weight excluding hydrogens is 328 g/mol. The molecule has 2 aromatic carbocycles. The molecular formula is C17H13BrN2O. The number of nitrogens with one attached hydrogen (secondary N) is 1. The fourth-order valence-electron chi connectivity index (χ4n) is 1.82. The van der Waals surface area contributed by atoms with Crippen LogP contribution in [0.15, 0.2) is 58.6 Å². The first kappa shape index (κ1) is 15.0. The lowest BCUT2D eigenvalue weighted by molar-refractivity contribution is -0.112. The number of anilines is 1. The Labute approximate surface area is 132 Å². The molecule has 0 unspecified atom stereocenters. The van der Waals surface area contributed by atoms with Gasteiger partial charge in [-0.15, -0.1) is 0 Å². The van der Waals surface area contributed by atoms with Gasteiger partial charge in [0.05, 0.1) is 0 Å². The Morgan fingerprint density at radius 2 is 2.00 bits per heavy atom. The molecule has 0 aliphatic rings. The molecule has 0 heterocycles. The molecule has 0 atom stereocenters. The van der Waals surface area contributed by atoms with Gasteiger partial charge in [0.15, 0.2) is 0 Å². The highest BCUT2D eigenvalue weighted by Gasteiger charge is 2.10. The van der Waals surface area contributed by atoms with Crippen molar-refractivity contribution in [1.29, 1.82) is 5.26 Å². The molecule has 0 radical (unpaired) electrons. The van der Waals surface area contributed by atoms with Gasteiger partial charge in [0.2, 0.25) is 0 Å². The minimum atomic E-state index is -0.418. The summed E-state index contributed by atoms with van der Waals surface area (Å²) in [6.45, 7) is 1.94. The van der Waals surface area contributed by atoms with E-state index in [1.165, 1.54) is 0 Å². The zero-order chi connectivity index (χ0) is 15.2. The zero-order valence-electron chi connectivity index (χ0n) is 11.4. The quantitative estimate of drug-likeness (QED) is 0.668. The van der Waals surface area contributed by atoms with Crippen LogP contribution in [0, 0.1) is 18.3 Å². The summed E-state index contributed by atoms with van der Waals surface area (Å²) in [6.07, 6.45) is 1.56. The first-order valence-corrected chi connectivity index (χ1v) is 7.14. The van der Waals surface area contributed by atoms with E-state index in [1.807, 2.05) is 55.5 Å². The second-order valence-electron chi connectivity index (χ2n) is 4.51. The smallest absolute Gasteiger partial charge is 0.266 e. The number of aryl methyl sites for hydroxylation is 1. The van der Waals surface area contributed by atoms with Crippen LogP contribution in [0.2, 0.25) is 0 Å². The molecule has 1 amide bonds. The molecule has 0 aliphatic carbocycles. The monoisotopic (exact) mass is 340 g/mol. The van der Waals surface area contributed by atoms with Crippen molar-refractivity contribution >= 4 is 33.6 Å². The molecule has 2 rings (SSSR count). The molecule has 1 N–H and O–H groups in total. The second-order valence-corrected chi connectivity index (χ2v) is 5.37. The number of benzene rings is 2. The number of hydrogen-bond acceptors (Lipinski definition) is 2. The second kappa shape index (κ2) is 6.87. The Morgan fingerprint density at radius 3 is 2.67 bits per heavy atom. The largest absolute Gasteiger partial charge is 0.321 e. The molecule has 3 nitrogen and oxygen atoms in total. The number of carbonyl (C=O) groups excluding carboxylic acids is 1. The summed E-state index contributed by atoms with van der Waals surface area (Å²) in [5.74, 6) is -0.418. The van der Waals surface area contributed by atoms with E-state index in [4.69, 9.17) is 0 Å². The SMILES string of the molecule is Cc1cccc(NC(=O)/C(C#N)=C/c2ccccc2Br)c1.